The van der Waals surface area contributed by atoms with Gasteiger partial charge in [0.05, 0.1) is 31.5 Å². The molecule has 0 heterocycles. The Hall–Kier alpha value is -2.49. The van der Waals surface area contributed by atoms with Gasteiger partial charge in [-0.05, 0) is 54.4 Å². The van der Waals surface area contributed by atoms with E-state index in [1.807, 2.05) is 27.7 Å². The van der Waals surface area contributed by atoms with Crippen molar-refractivity contribution in [2.24, 2.45) is 5.41 Å². The molecule has 0 saturated heterocycles. The summed E-state index contributed by atoms with van der Waals surface area (Å²) in [7, 11) is 0. The summed E-state index contributed by atoms with van der Waals surface area (Å²) < 4.78 is 33.5. The minimum absolute atomic E-state index is 0.0984. The third-order valence-electron chi connectivity index (χ3n) is 5.53. The summed E-state index contributed by atoms with van der Waals surface area (Å²) >= 11 is 0. The zero-order chi connectivity index (χ0) is 28.6. The molecule has 3 atom stereocenters. The molecule has 0 aliphatic heterocycles. The monoisotopic (exact) mass is 526 g/mol. The van der Waals surface area contributed by atoms with Gasteiger partial charge in [-0.15, -0.1) is 0 Å². The molecule has 0 aliphatic rings. The van der Waals surface area contributed by atoms with Crippen LogP contribution < -0.4 is 0 Å². The maximum atomic E-state index is 11.7. The van der Waals surface area contributed by atoms with Crippen LogP contribution in [0.25, 0.3) is 0 Å². The van der Waals surface area contributed by atoms with Crippen LogP contribution in [0, 0.1) is 5.41 Å². The van der Waals surface area contributed by atoms with Crippen molar-refractivity contribution >= 4 is 17.9 Å². The fraction of sp³-hybridized carbons (Fsp3) is 0.679. The van der Waals surface area contributed by atoms with E-state index in [4.69, 9.17) is 28.4 Å². The standard InChI is InChI=1S/C28H46O9/c1-11-28(17-36-23(9)15-34-26(30)20(4)5,18-37-24(10)16-35-27(31)21(6)7)12-13-32-22(8)14-33-25(29)19(2)3/h22-24H,2,4,6,11-18H2,1,3,5,7-10H3. The molecule has 0 amide bonds. The number of rotatable bonds is 20. The van der Waals surface area contributed by atoms with Crippen molar-refractivity contribution in [1.29, 1.82) is 0 Å². The van der Waals surface area contributed by atoms with Crippen molar-refractivity contribution < 1.29 is 42.8 Å². The zero-order valence-corrected chi connectivity index (χ0v) is 23.7. The van der Waals surface area contributed by atoms with Crippen LogP contribution in [-0.4, -0.2) is 75.9 Å². The maximum Gasteiger partial charge on any atom is 0.333 e. The molecule has 0 fully saturated rings. The highest BCUT2D eigenvalue weighted by Gasteiger charge is 2.31. The Morgan fingerprint density at radius 1 is 0.649 bits per heavy atom. The summed E-state index contributed by atoms with van der Waals surface area (Å²) in [4.78, 5) is 35.0. The molecule has 0 radical (unpaired) electrons. The largest absolute Gasteiger partial charge is 0.460 e. The van der Waals surface area contributed by atoms with E-state index in [1.165, 1.54) is 0 Å². The van der Waals surface area contributed by atoms with E-state index in [2.05, 4.69) is 19.7 Å². The molecule has 9 heteroatoms. The SMILES string of the molecule is C=C(C)C(=O)OCC(C)OCCC(CC)(COC(C)COC(=O)C(=C)C)COC(C)COC(=O)C(=C)C. The Morgan fingerprint density at radius 2 is 0.973 bits per heavy atom. The molecule has 0 spiro atoms. The van der Waals surface area contributed by atoms with Gasteiger partial charge in [0.25, 0.3) is 0 Å². The molecule has 0 N–H and O–H groups in total. The first-order chi connectivity index (χ1) is 17.2. The fourth-order valence-electron chi connectivity index (χ4n) is 2.77. The van der Waals surface area contributed by atoms with E-state index in [1.54, 1.807) is 20.8 Å². The molecule has 37 heavy (non-hydrogen) atoms. The number of carbonyl (C=O) groups excluding carboxylic acids is 3. The van der Waals surface area contributed by atoms with Gasteiger partial charge in [0.15, 0.2) is 0 Å². The topological polar surface area (TPSA) is 107 Å². The van der Waals surface area contributed by atoms with E-state index in [9.17, 15) is 14.4 Å². The van der Waals surface area contributed by atoms with E-state index >= 15 is 0 Å². The van der Waals surface area contributed by atoms with Gasteiger partial charge in [0, 0.05) is 28.7 Å². The Balaban J connectivity index is 5.07. The molecule has 3 unspecified atom stereocenters. The average molecular weight is 527 g/mol. The number of hydrogen-bond donors (Lipinski definition) is 0. The van der Waals surface area contributed by atoms with E-state index in [-0.39, 0.29) is 38.1 Å². The van der Waals surface area contributed by atoms with Crippen molar-refractivity contribution in [1.82, 2.24) is 0 Å². The van der Waals surface area contributed by atoms with Crippen molar-refractivity contribution in [3.63, 3.8) is 0 Å². The molecule has 0 aromatic heterocycles. The lowest BCUT2D eigenvalue weighted by Gasteiger charge is -2.34. The van der Waals surface area contributed by atoms with Gasteiger partial charge in [0.1, 0.15) is 19.8 Å². The number of carbonyl (C=O) groups is 3. The van der Waals surface area contributed by atoms with Crippen LogP contribution in [0.5, 0.6) is 0 Å². The Labute approximate surface area is 222 Å². The van der Waals surface area contributed by atoms with Gasteiger partial charge in [-0.25, -0.2) is 14.4 Å². The average Bonchev–Trinajstić information content (AvgIpc) is 2.85. The lowest BCUT2D eigenvalue weighted by atomic mass is 9.83. The number of ether oxygens (including phenoxy) is 6. The van der Waals surface area contributed by atoms with Crippen LogP contribution in [-0.2, 0) is 42.8 Å². The lowest BCUT2D eigenvalue weighted by molar-refractivity contribution is -0.148. The first kappa shape index (κ1) is 34.5. The molecule has 0 saturated carbocycles. The summed E-state index contributed by atoms with van der Waals surface area (Å²) in [5.74, 6) is -1.38. The first-order valence-electron chi connectivity index (χ1n) is 12.6. The van der Waals surface area contributed by atoms with Crippen LogP contribution in [0.3, 0.4) is 0 Å². The fourth-order valence-corrected chi connectivity index (χ4v) is 2.77. The molecule has 9 nitrogen and oxygen atoms in total. The smallest absolute Gasteiger partial charge is 0.333 e. The predicted molar refractivity (Wildman–Crippen MR) is 141 cm³/mol. The molecule has 0 aromatic rings. The highest BCUT2D eigenvalue weighted by molar-refractivity contribution is 5.87. The van der Waals surface area contributed by atoms with E-state index in [0.717, 1.165) is 0 Å². The van der Waals surface area contributed by atoms with Crippen molar-refractivity contribution in [2.75, 3.05) is 39.6 Å². The summed E-state index contributed by atoms with van der Waals surface area (Å²) in [5.41, 5.74) is 0.556. The van der Waals surface area contributed by atoms with Crippen LogP contribution in [0.15, 0.2) is 36.5 Å². The Morgan fingerprint density at radius 3 is 1.27 bits per heavy atom. The van der Waals surface area contributed by atoms with Gasteiger partial charge < -0.3 is 28.4 Å². The van der Waals surface area contributed by atoms with Crippen molar-refractivity contribution in [3.05, 3.63) is 36.5 Å². The summed E-state index contributed by atoms with van der Waals surface area (Å²) in [6.45, 7) is 24.3. The second kappa shape index (κ2) is 17.9. The second-order valence-corrected chi connectivity index (χ2v) is 9.66. The maximum absolute atomic E-state index is 11.7. The lowest BCUT2D eigenvalue weighted by Crippen LogP contribution is -2.38. The third-order valence-corrected chi connectivity index (χ3v) is 5.53. The number of esters is 3. The highest BCUT2D eigenvalue weighted by Crippen LogP contribution is 2.29. The van der Waals surface area contributed by atoms with Gasteiger partial charge in [-0.1, -0.05) is 26.7 Å². The molecular weight excluding hydrogens is 480 g/mol. The van der Waals surface area contributed by atoms with Crippen LogP contribution in [0.4, 0.5) is 0 Å². The van der Waals surface area contributed by atoms with Gasteiger partial charge in [-0.2, -0.15) is 0 Å². The summed E-state index contributed by atoms with van der Waals surface area (Å²) in [6, 6.07) is 0. The minimum Gasteiger partial charge on any atom is -0.460 e. The zero-order valence-electron chi connectivity index (χ0n) is 23.7. The molecular formula is C28H46O9. The van der Waals surface area contributed by atoms with Crippen molar-refractivity contribution in [2.45, 2.75) is 79.6 Å². The third kappa shape index (κ3) is 15.4. The normalized spacial score (nSPS) is 15.0. The van der Waals surface area contributed by atoms with Crippen molar-refractivity contribution in [3.8, 4) is 0 Å². The summed E-state index contributed by atoms with van der Waals surface area (Å²) in [6.07, 6.45) is 0.319. The molecule has 212 valence electrons. The van der Waals surface area contributed by atoms with Gasteiger partial charge >= 0.3 is 17.9 Å². The van der Waals surface area contributed by atoms with Gasteiger partial charge in [0.2, 0.25) is 0 Å². The molecule has 0 bridgehead atoms. The quantitative estimate of drug-likeness (QED) is 0.130. The minimum atomic E-state index is -0.464. The van der Waals surface area contributed by atoms with Crippen LogP contribution in [0.1, 0.15) is 61.3 Å². The Kier molecular flexibility index (Phi) is 16.7. The number of hydrogen-bond acceptors (Lipinski definition) is 9. The van der Waals surface area contributed by atoms with E-state index < -0.39 is 23.3 Å². The highest BCUT2D eigenvalue weighted by atomic mass is 16.6. The predicted octanol–water partition coefficient (Wildman–Crippen LogP) is 4.35. The molecule has 0 aromatic carbocycles. The molecule has 0 aliphatic carbocycles. The van der Waals surface area contributed by atoms with Gasteiger partial charge in [-0.3, -0.25) is 0 Å². The van der Waals surface area contributed by atoms with E-state index in [0.29, 0.717) is 49.4 Å². The van der Waals surface area contributed by atoms with Crippen LogP contribution in [0.2, 0.25) is 0 Å². The first-order valence-corrected chi connectivity index (χ1v) is 12.6. The molecule has 0 rings (SSSR count). The summed E-state index contributed by atoms with van der Waals surface area (Å²) in [5, 5.41) is 0. The second-order valence-electron chi connectivity index (χ2n) is 9.66. The van der Waals surface area contributed by atoms with Crippen LogP contribution >= 0.6 is 0 Å². The Bertz CT molecular complexity index is 747.